The lowest BCUT2D eigenvalue weighted by Gasteiger charge is -2.45. The molecule has 278 valence electrons. The summed E-state index contributed by atoms with van der Waals surface area (Å²) >= 11 is 7.88. The van der Waals surface area contributed by atoms with Crippen LogP contribution in [0.5, 0.6) is 11.5 Å². The Kier molecular flexibility index (Phi) is 7.96. The van der Waals surface area contributed by atoms with Gasteiger partial charge in [-0.1, -0.05) is 54.1 Å². The molecule has 4 atom stereocenters. The molecule has 3 aromatic carbocycles. The molecule has 1 N–H and O–H groups in total. The van der Waals surface area contributed by atoms with E-state index in [-0.39, 0.29) is 30.4 Å². The maximum Gasteiger partial charge on any atom is 0.352 e. The number of ether oxygens (including phenoxy) is 1. The Bertz CT molecular complexity index is 2790. The van der Waals surface area contributed by atoms with Crippen LogP contribution in [0, 0.1) is 24.2 Å². The van der Waals surface area contributed by atoms with Gasteiger partial charge in [-0.25, -0.2) is 28.4 Å². The van der Waals surface area contributed by atoms with E-state index in [1.165, 1.54) is 27.4 Å². The Labute approximate surface area is 323 Å². The number of methoxy groups -OCH3 is 1. The van der Waals surface area contributed by atoms with Gasteiger partial charge in [-0.2, -0.15) is 5.10 Å². The fourth-order valence-corrected chi connectivity index (χ4v) is 10.0. The molecule has 55 heavy (non-hydrogen) atoms. The Morgan fingerprint density at radius 2 is 1.80 bits per heavy atom. The molecular formula is C41H35ClN6O6S. The Hall–Kier alpha value is -5.92. The van der Waals surface area contributed by atoms with E-state index >= 15 is 4.79 Å². The summed E-state index contributed by atoms with van der Waals surface area (Å²) in [4.78, 5) is 60.0. The van der Waals surface area contributed by atoms with Gasteiger partial charge < -0.3 is 9.84 Å². The monoisotopic (exact) mass is 774 g/mol. The van der Waals surface area contributed by atoms with Crippen LogP contribution in [0.3, 0.4) is 0 Å². The minimum absolute atomic E-state index is 0.0166. The van der Waals surface area contributed by atoms with E-state index in [9.17, 15) is 19.5 Å². The molecule has 5 heterocycles. The number of para-hydroxylation sites is 1. The Balaban J connectivity index is 1.17. The third-order valence-electron chi connectivity index (χ3n) is 11.5. The molecule has 2 amide bonds. The summed E-state index contributed by atoms with van der Waals surface area (Å²) in [5.41, 5.74) is 1.25. The van der Waals surface area contributed by atoms with E-state index in [1.807, 2.05) is 56.3 Å². The first-order chi connectivity index (χ1) is 26.4. The normalized spacial score (nSPS) is 21.9. The van der Waals surface area contributed by atoms with Crippen molar-refractivity contribution in [2.75, 3.05) is 12.0 Å². The van der Waals surface area contributed by atoms with Crippen LogP contribution in [0.25, 0.3) is 32.4 Å². The molecule has 2 fully saturated rings. The first-order valence-corrected chi connectivity index (χ1v) is 19.0. The summed E-state index contributed by atoms with van der Waals surface area (Å²) < 4.78 is 11.9. The number of nitrogens with zero attached hydrogens (tertiary/aromatic N) is 6. The number of hydrogen-bond donors (Lipinski definition) is 1. The van der Waals surface area contributed by atoms with Gasteiger partial charge in [0.2, 0.25) is 11.8 Å². The molecule has 0 bridgehead atoms. The molecule has 3 aromatic heterocycles. The number of phenolic OH excluding ortho intramolecular Hbond substituents is 1. The van der Waals surface area contributed by atoms with Gasteiger partial charge in [-0.3, -0.25) is 14.3 Å². The zero-order valence-corrected chi connectivity index (χ0v) is 31.8. The van der Waals surface area contributed by atoms with Crippen molar-refractivity contribution in [1.82, 2.24) is 23.7 Å². The van der Waals surface area contributed by atoms with E-state index in [4.69, 9.17) is 21.4 Å². The van der Waals surface area contributed by atoms with Crippen molar-refractivity contribution in [3.05, 3.63) is 128 Å². The molecule has 6 aromatic rings. The maximum atomic E-state index is 15.0. The van der Waals surface area contributed by atoms with Crippen molar-refractivity contribution in [3.8, 4) is 27.8 Å². The number of carbonyl (C=O) groups is 2. The molecular weight excluding hydrogens is 740 g/mol. The van der Waals surface area contributed by atoms with Crippen LogP contribution >= 0.6 is 22.9 Å². The number of rotatable bonds is 6. The number of thiophene rings is 1. The van der Waals surface area contributed by atoms with Crippen molar-refractivity contribution in [3.63, 3.8) is 0 Å². The molecule has 1 saturated heterocycles. The molecule has 0 spiro atoms. The predicted molar refractivity (Wildman–Crippen MR) is 211 cm³/mol. The van der Waals surface area contributed by atoms with E-state index in [1.54, 1.807) is 65.5 Å². The minimum Gasteiger partial charge on any atom is -0.504 e. The van der Waals surface area contributed by atoms with Crippen LogP contribution in [0.2, 0.25) is 5.02 Å². The van der Waals surface area contributed by atoms with Crippen LogP contribution in [-0.2, 0) is 23.2 Å². The maximum absolute atomic E-state index is 15.0. The second-order valence-corrected chi connectivity index (χ2v) is 15.9. The fraction of sp³-hybridized carbons (Fsp3) is 0.244. The van der Waals surface area contributed by atoms with E-state index < -0.39 is 40.6 Å². The average molecular weight is 775 g/mol. The zero-order chi connectivity index (χ0) is 38.5. The van der Waals surface area contributed by atoms with Gasteiger partial charge in [0.1, 0.15) is 11.5 Å². The van der Waals surface area contributed by atoms with Crippen molar-refractivity contribution < 1.29 is 19.4 Å². The number of fused-ring (bicyclic) bond motifs is 5. The lowest BCUT2D eigenvalue weighted by molar-refractivity contribution is -0.129. The molecule has 2 aliphatic heterocycles. The Morgan fingerprint density at radius 3 is 2.56 bits per heavy atom. The van der Waals surface area contributed by atoms with Crippen LogP contribution < -0.4 is 21.0 Å². The number of amides is 2. The minimum atomic E-state index is -1.26. The molecule has 12 nitrogen and oxygen atoms in total. The number of aromatic nitrogens is 5. The SMILES string of the molecule is COc1cc(C=C[C@H]2C3=CCn4c(=O)n(-c5ccccc5)c(=O)n4[C@@H]3C[C@H]3C(=O)N(c4cc(-c5sc6ccc(Cl)cc6c5C)nn4C)C(=O)[C@@]23C)ccc1O. The lowest BCUT2D eigenvalue weighted by Crippen LogP contribution is -2.49. The highest BCUT2D eigenvalue weighted by molar-refractivity contribution is 7.22. The average Bonchev–Trinajstić information content (AvgIpc) is 3.85. The zero-order valence-electron chi connectivity index (χ0n) is 30.3. The third kappa shape index (κ3) is 5.06. The van der Waals surface area contributed by atoms with E-state index in [0.29, 0.717) is 27.8 Å². The number of aryl methyl sites for hydroxylation is 2. The topological polar surface area (TPSA) is 134 Å². The third-order valence-corrected chi connectivity index (χ3v) is 13.1. The molecule has 3 aliphatic rings. The lowest BCUT2D eigenvalue weighted by atomic mass is 9.58. The number of anilines is 1. The van der Waals surface area contributed by atoms with Crippen LogP contribution in [0.4, 0.5) is 5.82 Å². The molecule has 1 saturated carbocycles. The molecule has 14 heteroatoms. The summed E-state index contributed by atoms with van der Waals surface area (Å²) in [5.74, 6) is -1.70. The Morgan fingerprint density at radius 1 is 1.02 bits per heavy atom. The second-order valence-electron chi connectivity index (χ2n) is 14.4. The number of halogens is 1. The summed E-state index contributed by atoms with van der Waals surface area (Å²) in [5, 5.41) is 16.7. The van der Waals surface area contributed by atoms with Crippen molar-refractivity contribution in [2.24, 2.45) is 24.3 Å². The quantitative estimate of drug-likeness (QED) is 0.151. The number of carbonyl (C=O) groups excluding carboxylic acids is 2. The first-order valence-electron chi connectivity index (χ1n) is 17.8. The highest BCUT2D eigenvalue weighted by Crippen LogP contribution is 2.58. The number of imide groups is 1. The molecule has 0 radical (unpaired) electrons. The van der Waals surface area contributed by atoms with Crippen LogP contribution in [0.15, 0.2) is 100 Å². The largest absolute Gasteiger partial charge is 0.504 e. The van der Waals surface area contributed by atoms with Crippen molar-refractivity contribution in [2.45, 2.75) is 32.9 Å². The fourth-order valence-electron chi connectivity index (χ4n) is 8.72. The van der Waals surface area contributed by atoms with Crippen LogP contribution in [-0.4, -0.2) is 47.7 Å². The summed E-state index contributed by atoms with van der Waals surface area (Å²) in [6.07, 6.45) is 5.75. The van der Waals surface area contributed by atoms with E-state index in [0.717, 1.165) is 30.7 Å². The van der Waals surface area contributed by atoms with Gasteiger partial charge in [0.15, 0.2) is 11.5 Å². The van der Waals surface area contributed by atoms with Gasteiger partial charge in [-0.05, 0) is 84.8 Å². The van der Waals surface area contributed by atoms with Crippen molar-refractivity contribution in [1.29, 1.82) is 0 Å². The van der Waals surface area contributed by atoms with Crippen LogP contribution in [0.1, 0.15) is 30.5 Å². The van der Waals surface area contributed by atoms with Gasteiger partial charge in [0.05, 0.1) is 41.6 Å². The molecule has 9 rings (SSSR count). The summed E-state index contributed by atoms with van der Waals surface area (Å²) in [6, 6.07) is 20.5. The standard InChI is InChI=1S/C41H35ClN6O6S/c1-22-27-19-24(42)12-15-34(27)55-36(22)30-21-35(44(3)43-30)47-37(50)29-20-31-26(16-17-45-39(52)46(40(53)48(31)45)25-8-6-5-7-9-25)28(41(29,2)38(47)51)13-10-23-11-14-32(49)33(18-23)54-4/h5-16,18-19,21,28-29,31,49H,17,20H2,1-4H3/t28-,29-,31+,41-/m0/s1. The first kappa shape index (κ1) is 34.8. The van der Waals surface area contributed by atoms with Gasteiger partial charge >= 0.3 is 11.4 Å². The van der Waals surface area contributed by atoms with Gasteiger partial charge in [-0.15, -0.1) is 11.3 Å². The highest BCUT2D eigenvalue weighted by Gasteiger charge is 2.65. The number of phenols is 1. The van der Waals surface area contributed by atoms with E-state index in [2.05, 4.69) is 0 Å². The number of allylic oxidation sites excluding steroid dienone is 3. The highest BCUT2D eigenvalue weighted by atomic mass is 35.5. The van der Waals surface area contributed by atoms with Crippen molar-refractivity contribution >= 4 is 56.7 Å². The smallest absolute Gasteiger partial charge is 0.352 e. The second kappa shape index (κ2) is 12.6. The predicted octanol–water partition coefficient (Wildman–Crippen LogP) is 6.50. The summed E-state index contributed by atoms with van der Waals surface area (Å²) in [6.45, 7) is 3.93. The van der Waals surface area contributed by atoms with Gasteiger partial charge in [0.25, 0.3) is 0 Å². The number of aromatic hydroxyl groups is 1. The van der Waals surface area contributed by atoms with Gasteiger partial charge in [0, 0.05) is 28.8 Å². The molecule has 0 unspecified atom stereocenters. The number of benzene rings is 3. The number of hydrogen-bond acceptors (Lipinski definition) is 8. The molecule has 1 aliphatic carbocycles. The summed E-state index contributed by atoms with van der Waals surface area (Å²) in [7, 11) is 3.18.